The number of allylic oxidation sites excluding steroid dienone is 1. The van der Waals surface area contributed by atoms with Crippen molar-refractivity contribution in [2.75, 3.05) is 7.11 Å². The molecule has 0 bridgehead atoms. The second-order valence-electron chi connectivity index (χ2n) is 5.04. The van der Waals surface area contributed by atoms with Gasteiger partial charge < -0.3 is 9.47 Å². The van der Waals surface area contributed by atoms with E-state index in [1.165, 1.54) is 29.9 Å². The highest BCUT2D eigenvalue weighted by Crippen LogP contribution is 2.13. The van der Waals surface area contributed by atoms with Gasteiger partial charge in [0.15, 0.2) is 0 Å². The van der Waals surface area contributed by atoms with Crippen LogP contribution in [-0.2, 0) is 22.7 Å². The Labute approximate surface area is 142 Å². The van der Waals surface area contributed by atoms with E-state index in [1.54, 1.807) is 6.92 Å². The normalized spacial score (nSPS) is 10.9. The molecule has 0 unspecified atom stereocenters. The van der Waals surface area contributed by atoms with Gasteiger partial charge in [0.1, 0.15) is 24.1 Å². The number of carbonyl (C=O) groups excluding carboxylic acids is 1. The molecule has 2 aromatic rings. The number of aryl methyl sites for hydroxylation is 1. The molecule has 8 heteroatoms. The zero-order chi connectivity index (χ0) is 18.4. The lowest BCUT2D eigenvalue weighted by molar-refractivity contribution is -0.134. The summed E-state index contributed by atoms with van der Waals surface area (Å²) in [5.41, 5.74) is -0.248. The van der Waals surface area contributed by atoms with Crippen molar-refractivity contribution in [3.8, 4) is 5.88 Å². The van der Waals surface area contributed by atoms with Crippen molar-refractivity contribution in [3.05, 3.63) is 69.8 Å². The van der Waals surface area contributed by atoms with E-state index in [1.807, 2.05) is 0 Å². The van der Waals surface area contributed by atoms with Crippen LogP contribution in [-0.4, -0.2) is 22.6 Å². The van der Waals surface area contributed by atoms with Crippen LogP contribution in [0.15, 0.2) is 41.2 Å². The van der Waals surface area contributed by atoms with Crippen LogP contribution in [0.1, 0.15) is 11.4 Å². The summed E-state index contributed by atoms with van der Waals surface area (Å²) < 4.78 is 37.5. The second kappa shape index (κ2) is 8.18. The molecule has 6 nitrogen and oxygen atoms in total. The minimum atomic E-state index is -0.738. The molecule has 0 saturated carbocycles. The molecule has 0 aliphatic carbocycles. The molecular formula is C17H16F2N2O4. The summed E-state index contributed by atoms with van der Waals surface area (Å²) in [4.78, 5) is 27.2. The Morgan fingerprint density at radius 3 is 2.72 bits per heavy atom. The summed E-state index contributed by atoms with van der Waals surface area (Å²) in [5.74, 6) is -1.56. The number of ether oxygens (including phenoxy) is 2. The van der Waals surface area contributed by atoms with E-state index in [9.17, 15) is 18.4 Å². The third-order valence-electron chi connectivity index (χ3n) is 3.31. The van der Waals surface area contributed by atoms with Crippen LogP contribution in [0.5, 0.6) is 5.88 Å². The van der Waals surface area contributed by atoms with Crippen LogP contribution in [0, 0.1) is 18.6 Å². The van der Waals surface area contributed by atoms with Crippen LogP contribution in [0.2, 0.25) is 0 Å². The predicted octanol–water partition coefficient (Wildman–Crippen LogP) is 2.14. The van der Waals surface area contributed by atoms with Gasteiger partial charge in [0, 0.05) is 24.3 Å². The van der Waals surface area contributed by atoms with Gasteiger partial charge >= 0.3 is 5.97 Å². The van der Waals surface area contributed by atoms with E-state index >= 15 is 0 Å². The van der Waals surface area contributed by atoms with Crippen LogP contribution in [0.3, 0.4) is 0 Å². The molecule has 0 amide bonds. The number of hydrogen-bond donors (Lipinski definition) is 0. The Bertz CT molecular complexity index is 862. The number of halogens is 2. The maximum Gasteiger partial charge on any atom is 0.330 e. The topological polar surface area (TPSA) is 70.4 Å². The Morgan fingerprint density at radius 2 is 2.08 bits per heavy atom. The Kier molecular flexibility index (Phi) is 5.99. The third-order valence-corrected chi connectivity index (χ3v) is 3.31. The van der Waals surface area contributed by atoms with Gasteiger partial charge in [-0.05, 0) is 19.1 Å². The van der Waals surface area contributed by atoms with Crippen LogP contribution in [0.4, 0.5) is 8.78 Å². The molecule has 0 atom stereocenters. The lowest BCUT2D eigenvalue weighted by Crippen LogP contribution is -2.23. The van der Waals surface area contributed by atoms with E-state index in [0.717, 1.165) is 18.2 Å². The summed E-state index contributed by atoms with van der Waals surface area (Å²) in [5, 5.41) is 0. The number of benzene rings is 1. The van der Waals surface area contributed by atoms with Crippen LogP contribution < -0.4 is 10.3 Å². The lowest BCUT2D eigenvalue weighted by Gasteiger charge is -2.10. The van der Waals surface area contributed by atoms with Crippen molar-refractivity contribution in [2.45, 2.75) is 20.1 Å². The van der Waals surface area contributed by atoms with Gasteiger partial charge in [-0.2, -0.15) is 0 Å². The summed E-state index contributed by atoms with van der Waals surface area (Å²) in [7, 11) is 1.25. The van der Waals surface area contributed by atoms with E-state index in [2.05, 4.69) is 9.72 Å². The fraction of sp³-hybridized carbons (Fsp3) is 0.235. The minimum Gasteiger partial charge on any atom is -0.472 e. The number of methoxy groups -OCH3 is 1. The summed E-state index contributed by atoms with van der Waals surface area (Å²) in [6, 6.07) is 4.28. The van der Waals surface area contributed by atoms with Gasteiger partial charge in [-0.3, -0.25) is 9.36 Å². The number of rotatable bonds is 6. The zero-order valence-corrected chi connectivity index (χ0v) is 13.7. The number of esters is 1. The summed E-state index contributed by atoms with van der Waals surface area (Å²) >= 11 is 0. The molecule has 132 valence electrons. The molecule has 0 aliphatic rings. The average Bonchev–Trinajstić information content (AvgIpc) is 2.56. The standard InChI is InChI=1S/C17H16F2N2O4/c1-11-20-15(25-10-12-5-6-13(18)8-14(12)19)9-16(22)21(11)7-3-4-17(23)24-2/h3-6,8-9H,7,10H2,1-2H3/b4-3+. The average molecular weight is 350 g/mol. The number of carbonyl (C=O) groups is 1. The molecule has 1 heterocycles. The first-order chi connectivity index (χ1) is 11.9. The molecule has 0 aliphatic heterocycles. The molecular weight excluding hydrogens is 334 g/mol. The fourth-order valence-corrected chi connectivity index (χ4v) is 2.00. The fourth-order valence-electron chi connectivity index (χ4n) is 2.00. The van der Waals surface area contributed by atoms with Crippen molar-refractivity contribution in [3.63, 3.8) is 0 Å². The number of hydrogen-bond acceptors (Lipinski definition) is 5. The molecule has 0 radical (unpaired) electrons. The smallest absolute Gasteiger partial charge is 0.330 e. The van der Waals surface area contributed by atoms with Crippen molar-refractivity contribution < 1.29 is 23.0 Å². The van der Waals surface area contributed by atoms with Crippen LogP contribution in [0.25, 0.3) is 0 Å². The van der Waals surface area contributed by atoms with E-state index < -0.39 is 23.2 Å². The van der Waals surface area contributed by atoms with Crippen molar-refractivity contribution in [2.24, 2.45) is 0 Å². The van der Waals surface area contributed by atoms with Gasteiger partial charge in [0.2, 0.25) is 5.88 Å². The monoisotopic (exact) mass is 350 g/mol. The predicted molar refractivity (Wildman–Crippen MR) is 85.1 cm³/mol. The maximum absolute atomic E-state index is 13.6. The van der Waals surface area contributed by atoms with Gasteiger partial charge in [0.05, 0.1) is 13.2 Å². The van der Waals surface area contributed by atoms with Crippen molar-refractivity contribution in [1.82, 2.24) is 9.55 Å². The van der Waals surface area contributed by atoms with E-state index in [4.69, 9.17) is 4.74 Å². The van der Waals surface area contributed by atoms with Gasteiger partial charge in [-0.1, -0.05) is 6.08 Å². The second-order valence-corrected chi connectivity index (χ2v) is 5.04. The van der Waals surface area contributed by atoms with E-state index in [-0.39, 0.29) is 24.6 Å². The highest BCUT2D eigenvalue weighted by molar-refractivity contribution is 5.81. The first-order valence-electron chi connectivity index (χ1n) is 7.30. The third kappa shape index (κ3) is 4.97. The molecule has 0 spiro atoms. The molecule has 25 heavy (non-hydrogen) atoms. The molecule has 1 aromatic heterocycles. The summed E-state index contributed by atoms with van der Waals surface area (Å²) in [6.45, 7) is 1.54. The Morgan fingerprint density at radius 1 is 1.32 bits per heavy atom. The van der Waals surface area contributed by atoms with Gasteiger partial charge in [0.25, 0.3) is 5.56 Å². The maximum atomic E-state index is 13.6. The lowest BCUT2D eigenvalue weighted by atomic mass is 10.2. The van der Waals surface area contributed by atoms with Crippen molar-refractivity contribution in [1.29, 1.82) is 0 Å². The molecule has 0 saturated heterocycles. The summed E-state index contributed by atoms with van der Waals surface area (Å²) in [6.07, 6.45) is 2.67. The van der Waals surface area contributed by atoms with Gasteiger partial charge in [-0.25, -0.2) is 18.6 Å². The first kappa shape index (κ1) is 18.3. The molecule has 0 N–H and O–H groups in total. The van der Waals surface area contributed by atoms with Gasteiger partial charge in [-0.15, -0.1) is 0 Å². The molecule has 0 fully saturated rings. The Hall–Kier alpha value is -3.03. The Balaban J connectivity index is 2.09. The van der Waals surface area contributed by atoms with E-state index in [0.29, 0.717) is 5.82 Å². The zero-order valence-electron chi connectivity index (χ0n) is 13.7. The minimum absolute atomic E-state index is 0.0272. The number of nitrogens with zero attached hydrogens (tertiary/aromatic N) is 2. The highest BCUT2D eigenvalue weighted by atomic mass is 19.1. The first-order valence-corrected chi connectivity index (χ1v) is 7.30. The quantitative estimate of drug-likeness (QED) is 0.590. The highest BCUT2D eigenvalue weighted by Gasteiger charge is 2.08. The number of aromatic nitrogens is 2. The SMILES string of the molecule is COC(=O)/C=C/Cn1c(C)nc(OCc2ccc(F)cc2F)cc1=O. The molecule has 2 rings (SSSR count). The molecule has 1 aromatic carbocycles. The largest absolute Gasteiger partial charge is 0.472 e. The van der Waals surface area contributed by atoms with Crippen LogP contribution >= 0.6 is 0 Å². The van der Waals surface area contributed by atoms with Crippen molar-refractivity contribution >= 4 is 5.97 Å².